The number of para-hydroxylation sites is 1. The third-order valence-electron chi connectivity index (χ3n) is 8.53. The fraction of sp³-hybridized carbons (Fsp3) is 0.567. The predicted octanol–water partition coefficient (Wildman–Crippen LogP) is 4.46. The largest absolute Gasteiger partial charge is 0.469 e. The van der Waals surface area contributed by atoms with E-state index in [2.05, 4.69) is 47.0 Å². The number of carbonyl (C=O) groups excluding carboxylic acids is 2. The topological polar surface area (TPSA) is 83.6 Å². The molecule has 198 valence electrons. The molecule has 1 saturated heterocycles. The van der Waals surface area contributed by atoms with Gasteiger partial charge in [0.15, 0.2) is 0 Å². The molecule has 0 saturated carbocycles. The zero-order valence-corrected chi connectivity index (χ0v) is 22.0. The Hall–Kier alpha value is -3.09. The van der Waals surface area contributed by atoms with Crippen molar-refractivity contribution in [2.24, 2.45) is 17.8 Å². The molecule has 1 unspecified atom stereocenters. The van der Waals surface area contributed by atoms with Crippen LogP contribution in [0.3, 0.4) is 0 Å². The molecule has 3 aliphatic heterocycles. The van der Waals surface area contributed by atoms with Crippen LogP contribution in [0.15, 0.2) is 36.4 Å². The highest BCUT2D eigenvalue weighted by Crippen LogP contribution is 2.36. The van der Waals surface area contributed by atoms with Crippen molar-refractivity contribution in [2.45, 2.75) is 57.8 Å². The lowest BCUT2D eigenvalue weighted by atomic mass is 9.75. The fourth-order valence-electron chi connectivity index (χ4n) is 6.29. The molecule has 4 heterocycles. The van der Waals surface area contributed by atoms with Gasteiger partial charge in [0, 0.05) is 50.4 Å². The zero-order chi connectivity index (χ0) is 25.6. The number of piperidine rings is 1. The van der Waals surface area contributed by atoms with Gasteiger partial charge in [0.2, 0.25) is 5.91 Å². The molecule has 0 radical (unpaired) electrons. The van der Waals surface area contributed by atoms with Crippen molar-refractivity contribution >= 4 is 23.4 Å². The summed E-state index contributed by atoms with van der Waals surface area (Å²) in [6, 6.07) is 12.7. The molecule has 2 aromatic rings. The molecule has 0 bridgehead atoms. The van der Waals surface area contributed by atoms with Gasteiger partial charge in [0.05, 0.1) is 7.11 Å². The summed E-state index contributed by atoms with van der Waals surface area (Å²) in [5.41, 5.74) is 4.81. The maximum absolute atomic E-state index is 13.0. The van der Waals surface area contributed by atoms with Crippen molar-refractivity contribution in [3.05, 3.63) is 53.2 Å². The number of nitrogens with one attached hydrogen (secondary N) is 2. The van der Waals surface area contributed by atoms with Crippen molar-refractivity contribution < 1.29 is 14.3 Å². The molecular formula is C30H40N4O3. The number of amides is 1. The molecule has 0 aliphatic carbocycles. The van der Waals surface area contributed by atoms with Crippen LogP contribution in [0.5, 0.6) is 0 Å². The zero-order valence-electron chi connectivity index (χ0n) is 22.0. The van der Waals surface area contributed by atoms with Crippen LogP contribution in [-0.4, -0.2) is 55.0 Å². The Kier molecular flexibility index (Phi) is 8.27. The summed E-state index contributed by atoms with van der Waals surface area (Å²) >= 11 is 0. The lowest BCUT2D eigenvalue weighted by Crippen LogP contribution is -2.40. The van der Waals surface area contributed by atoms with Gasteiger partial charge in [0.25, 0.3) is 0 Å². The summed E-state index contributed by atoms with van der Waals surface area (Å²) < 4.78 is 5.05. The summed E-state index contributed by atoms with van der Waals surface area (Å²) in [6.07, 6.45) is 7.90. The Bertz CT molecular complexity index is 1100. The van der Waals surface area contributed by atoms with Gasteiger partial charge in [-0.1, -0.05) is 24.3 Å². The maximum Gasteiger partial charge on any atom is 0.305 e. The molecule has 1 aromatic heterocycles. The lowest BCUT2D eigenvalue weighted by molar-refractivity contribution is -0.142. The van der Waals surface area contributed by atoms with E-state index < -0.39 is 0 Å². The van der Waals surface area contributed by atoms with Crippen molar-refractivity contribution in [1.82, 2.24) is 9.88 Å². The molecule has 7 nitrogen and oxygen atoms in total. The number of aromatic nitrogens is 1. The van der Waals surface area contributed by atoms with Crippen LogP contribution in [0.25, 0.3) is 0 Å². The quantitative estimate of drug-likeness (QED) is 0.517. The summed E-state index contributed by atoms with van der Waals surface area (Å²) in [5.74, 6) is 2.32. The second-order valence-corrected chi connectivity index (χ2v) is 10.9. The van der Waals surface area contributed by atoms with Crippen LogP contribution < -0.4 is 10.6 Å². The van der Waals surface area contributed by atoms with Gasteiger partial charge in [-0.25, -0.2) is 4.98 Å². The van der Waals surface area contributed by atoms with E-state index in [1.54, 1.807) is 0 Å². The van der Waals surface area contributed by atoms with E-state index in [4.69, 9.17) is 9.72 Å². The number of fused-ring (bicyclic) bond motifs is 2. The Balaban J connectivity index is 1.12. The number of aryl methyl sites for hydroxylation is 2. The molecule has 2 N–H and O–H groups in total. The first-order valence-electron chi connectivity index (χ1n) is 14.0. The number of pyridine rings is 1. The normalized spacial score (nSPS) is 20.1. The molecular weight excluding hydrogens is 464 g/mol. The second kappa shape index (κ2) is 12.0. The van der Waals surface area contributed by atoms with E-state index in [9.17, 15) is 9.59 Å². The maximum atomic E-state index is 13.0. The number of benzene rings is 1. The molecule has 5 rings (SSSR count). The fourth-order valence-corrected chi connectivity index (χ4v) is 6.29. The number of carbonyl (C=O) groups is 2. The Morgan fingerprint density at radius 1 is 1.11 bits per heavy atom. The van der Waals surface area contributed by atoms with Crippen LogP contribution in [0.2, 0.25) is 0 Å². The van der Waals surface area contributed by atoms with Gasteiger partial charge in [-0.15, -0.1) is 0 Å². The minimum absolute atomic E-state index is 0.123. The first kappa shape index (κ1) is 25.6. The molecule has 2 atom stereocenters. The smallest absolute Gasteiger partial charge is 0.305 e. The number of hydrogen-bond donors (Lipinski definition) is 2. The monoisotopic (exact) mass is 504 g/mol. The summed E-state index contributed by atoms with van der Waals surface area (Å²) in [6.45, 7) is 3.48. The van der Waals surface area contributed by atoms with E-state index in [1.165, 1.54) is 23.9 Å². The van der Waals surface area contributed by atoms with E-state index >= 15 is 0 Å². The highest BCUT2D eigenvalue weighted by molar-refractivity contribution is 5.76. The van der Waals surface area contributed by atoms with E-state index in [1.807, 2.05) is 4.90 Å². The van der Waals surface area contributed by atoms with Gasteiger partial charge in [-0.2, -0.15) is 0 Å². The molecule has 1 aromatic carbocycles. The lowest BCUT2D eigenvalue weighted by Gasteiger charge is -2.37. The first-order valence-corrected chi connectivity index (χ1v) is 14.0. The highest BCUT2D eigenvalue weighted by Gasteiger charge is 2.32. The van der Waals surface area contributed by atoms with Crippen LogP contribution in [-0.2, 0) is 33.6 Å². The summed E-state index contributed by atoms with van der Waals surface area (Å²) in [5, 5.41) is 6.95. The molecule has 0 spiro atoms. The number of esters is 1. The molecule has 1 fully saturated rings. The van der Waals surface area contributed by atoms with Crippen LogP contribution >= 0.6 is 0 Å². The van der Waals surface area contributed by atoms with E-state index in [0.717, 1.165) is 76.2 Å². The number of nitrogens with zero attached hydrogens (tertiary/aromatic N) is 2. The average Bonchev–Trinajstić information content (AvgIpc) is 2.95. The van der Waals surface area contributed by atoms with Gasteiger partial charge >= 0.3 is 5.97 Å². The number of methoxy groups -OCH3 is 1. The SMILES string of the molecule is COC(=O)C[C@@H](CC1CCN(C(=O)CCc2ccc3c(n2)NCCC3)CC1)C1CNc2ccccc2C1. The van der Waals surface area contributed by atoms with Gasteiger partial charge in [-0.3, -0.25) is 9.59 Å². The number of rotatable bonds is 8. The Labute approximate surface area is 220 Å². The molecule has 1 amide bonds. The van der Waals surface area contributed by atoms with Gasteiger partial charge < -0.3 is 20.3 Å². The first-order chi connectivity index (χ1) is 18.1. The number of likely N-dealkylation sites (tertiary alicyclic amines) is 1. The third kappa shape index (κ3) is 6.43. The van der Waals surface area contributed by atoms with Crippen molar-refractivity contribution in [3.63, 3.8) is 0 Å². The van der Waals surface area contributed by atoms with Crippen LogP contribution in [0, 0.1) is 17.8 Å². The second-order valence-electron chi connectivity index (χ2n) is 10.9. The van der Waals surface area contributed by atoms with Crippen molar-refractivity contribution in [3.8, 4) is 0 Å². The van der Waals surface area contributed by atoms with E-state index in [-0.39, 0.29) is 17.8 Å². The highest BCUT2D eigenvalue weighted by atomic mass is 16.5. The number of ether oxygens (including phenoxy) is 1. The Morgan fingerprint density at radius 2 is 1.95 bits per heavy atom. The minimum Gasteiger partial charge on any atom is -0.469 e. The standard InChI is InChI=1S/C30H40N4O3/c1-37-29(36)19-24(25-18-23-5-2-3-7-27(23)32-20-25)17-21-12-15-34(16-13-21)28(35)11-10-26-9-8-22-6-4-14-31-30(22)33-26/h2-3,5,7-9,21,24-25,32H,4,6,10-20H2,1H3,(H,31,33)/t24-,25?/m1/s1. The number of hydrogen-bond acceptors (Lipinski definition) is 6. The Morgan fingerprint density at radius 3 is 2.78 bits per heavy atom. The van der Waals surface area contributed by atoms with Crippen molar-refractivity contribution in [1.29, 1.82) is 0 Å². The van der Waals surface area contributed by atoms with Crippen LogP contribution in [0.4, 0.5) is 11.5 Å². The molecule has 37 heavy (non-hydrogen) atoms. The average molecular weight is 505 g/mol. The van der Waals surface area contributed by atoms with E-state index in [0.29, 0.717) is 31.1 Å². The minimum atomic E-state index is -0.123. The van der Waals surface area contributed by atoms with Crippen LogP contribution in [0.1, 0.15) is 55.3 Å². The predicted molar refractivity (Wildman–Crippen MR) is 146 cm³/mol. The summed E-state index contributed by atoms with van der Waals surface area (Å²) in [7, 11) is 1.48. The van der Waals surface area contributed by atoms with Crippen molar-refractivity contribution in [2.75, 3.05) is 43.9 Å². The van der Waals surface area contributed by atoms with Gasteiger partial charge in [-0.05, 0) is 86.0 Å². The third-order valence-corrected chi connectivity index (χ3v) is 8.53. The van der Waals surface area contributed by atoms with Gasteiger partial charge in [0.1, 0.15) is 5.82 Å². The molecule has 7 heteroatoms. The summed E-state index contributed by atoms with van der Waals surface area (Å²) in [4.78, 5) is 32.0. The number of anilines is 2. The molecule has 3 aliphatic rings.